The van der Waals surface area contributed by atoms with Gasteiger partial charge in [0.25, 0.3) is 0 Å². The van der Waals surface area contributed by atoms with Gasteiger partial charge in [0.2, 0.25) is 35.4 Å². The molecule has 0 aliphatic carbocycles. The van der Waals surface area contributed by atoms with Gasteiger partial charge in [-0.1, -0.05) is 49.4 Å². The molecule has 1 saturated heterocycles. The zero-order chi connectivity index (χ0) is 65.8. The van der Waals surface area contributed by atoms with E-state index in [4.69, 9.17) is 15.3 Å². The normalized spacial score (nSPS) is 14.5. The molecule has 0 spiro atoms. The largest absolute Gasteiger partial charge is 0.508 e. The molecule has 3 aromatic carbocycles. The summed E-state index contributed by atoms with van der Waals surface area (Å²) in [6, 6.07) is 14.7. The third-order valence-electron chi connectivity index (χ3n) is 13.6. The molecule has 4 rings (SSSR count). The van der Waals surface area contributed by atoms with Crippen LogP contribution in [0.2, 0.25) is 0 Å². The highest BCUT2D eigenvalue weighted by atomic mass is 19.1. The number of halogens is 2. The van der Waals surface area contributed by atoms with Crippen molar-refractivity contribution in [3.05, 3.63) is 95.1 Å². The topological polar surface area (TPSA) is 418 Å². The number of aliphatic imine (C=N–C) groups is 1. The Hall–Kier alpha value is -9.11. The van der Waals surface area contributed by atoms with Crippen molar-refractivity contribution in [3.63, 3.8) is 0 Å². The van der Waals surface area contributed by atoms with E-state index in [-0.39, 0.29) is 155 Å². The van der Waals surface area contributed by atoms with Crippen LogP contribution in [0.3, 0.4) is 0 Å². The van der Waals surface area contributed by atoms with Gasteiger partial charge in [-0.2, -0.15) is 4.99 Å². The van der Waals surface area contributed by atoms with Crippen LogP contribution >= 0.6 is 0 Å². The number of amides is 8. The number of hydrogen-bond donors (Lipinski definition) is 13. The summed E-state index contributed by atoms with van der Waals surface area (Å²) >= 11 is 0. The number of carbonyl (C=O) groups excluding carboxylic acids is 7. The van der Waals surface area contributed by atoms with E-state index in [1.807, 2.05) is 0 Å². The molecule has 30 nitrogen and oxygen atoms in total. The van der Waals surface area contributed by atoms with Crippen LogP contribution in [0.4, 0.5) is 13.6 Å². The number of phenols is 1. The molecule has 3 aromatic rings. The van der Waals surface area contributed by atoms with Gasteiger partial charge in [-0.15, -0.1) is 0 Å². The molecular weight excluding hydrogens is 1190 g/mol. The number of carboxylic acid groups (broad SMARTS) is 3. The summed E-state index contributed by atoms with van der Waals surface area (Å²) in [5.41, 5.74) is 8.55. The first kappa shape index (κ1) is 73.4. The second-order valence-electron chi connectivity index (χ2n) is 20.7. The summed E-state index contributed by atoms with van der Waals surface area (Å²) in [4.78, 5) is 140. The average molecular weight is 1270 g/mol. The van der Waals surface area contributed by atoms with E-state index in [1.165, 1.54) is 0 Å². The van der Waals surface area contributed by atoms with E-state index in [9.17, 15) is 77.2 Å². The predicted molar refractivity (Wildman–Crippen MR) is 320 cm³/mol. The number of phenolic OH excluding ortho intramolecular Hbond substituents is 1. The zero-order valence-electron chi connectivity index (χ0n) is 50.1. The molecule has 90 heavy (non-hydrogen) atoms. The Labute approximate surface area is 518 Å². The van der Waals surface area contributed by atoms with Gasteiger partial charge in [-0.3, -0.25) is 67.6 Å². The molecule has 1 aliphatic heterocycles. The number of unbranched alkanes of at least 4 members (excludes halogenated alkanes) is 1. The van der Waals surface area contributed by atoms with Crippen molar-refractivity contribution in [1.82, 2.24) is 62.3 Å². The van der Waals surface area contributed by atoms with Crippen LogP contribution in [0, 0.1) is 11.6 Å². The molecule has 0 aromatic heterocycles. The molecule has 32 heteroatoms. The summed E-state index contributed by atoms with van der Waals surface area (Å²) in [6.07, 6.45) is 1.15. The third-order valence-corrected chi connectivity index (χ3v) is 13.6. The van der Waals surface area contributed by atoms with Crippen LogP contribution in [-0.2, 0) is 54.5 Å². The number of carboxylic acids is 3. The van der Waals surface area contributed by atoms with Crippen LogP contribution < -0.4 is 53.2 Å². The number of aromatic hydroxyl groups is 1. The zero-order valence-corrected chi connectivity index (χ0v) is 50.1. The highest BCUT2D eigenvalue weighted by molar-refractivity contribution is 5.93. The number of carbonyl (C=O) groups is 10. The number of aliphatic carboxylic acids is 3. The van der Waals surface area contributed by atoms with Crippen molar-refractivity contribution >= 4 is 65.3 Å². The number of benzene rings is 3. The minimum atomic E-state index is -1.27. The fourth-order valence-electron chi connectivity index (χ4n) is 9.00. The number of ether oxygens (including phenoxy) is 1. The van der Waals surface area contributed by atoms with Crippen molar-refractivity contribution in [2.75, 3.05) is 124 Å². The van der Waals surface area contributed by atoms with Crippen molar-refractivity contribution in [2.24, 2.45) is 10.7 Å². The van der Waals surface area contributed by atoms with Gasteiger partial charge < -0.3 is 68.1 Å². The Morgan fingerprint density at radius 3 is 1.72 bits per heavy atom. The fraction of sp³-hybridized carbons (Fsp3) is 0.500. The molecule has 1 heterocycles. The molecular formula is C58H82F2N14O16. The number of urea groups is 1. The number of nitrogens with two attached hydrogens (primary N) is 1. The molecule has 8 amide bonds. The molecule has 0 radical (unpaired) electrons. The first-order chi connectivity index (χ1) is 43.1. The lowest BCUT2D eigenvalue weighted by Gasteiger charge is -2.32. The Bertz CT molecular complexity index is 2840. The summed E-state index contributed by atoms with van der Waals surface area (Å²) in [6.45, 7) is 1.91. The fourth-order valence-corrected chi connectivity index (χ4v) is 9.00. The summed E-state index contributed by atoms with van der Waals surface area (Å²) in [5.74, 6) is -10.2. The molecule has 1 fully saturated rings. The lowest BCUT2D eigenvalue weighted by molar-refractivity contribution is -0.140. The Kier molecular flexibility index (Phi) is 33.0. The maximum Gasteiger partial charge on any atom is 0.344 e. The predicted octanol–water partition coefficient (Wildman–Crippen LogP) is -1.17. The van der Waals surface area contributed by atoms with Crippen molar-refractivity contribution in [3.8, 4) is 11.5 Å². The number of rotatable bonds is 35. The van der Waals surface area contributed by atoms with Crippen LogP contribution in [0.25, 0.3) is 0 Å². The van der Waals surface area contributed by atoms with Gasteiger partial charge in [-0.05, 0) is 48.9 Å². The lowest BCUT2D eigenvalue weighted by atomic mass is 9.90. The van der Waals surface area contributed by atoms with Gasteiger partial charge >= 0.3 is 23.9 Å². The van der Waals surface area contributed by atoms with Crippen molar-refractivity contribution in [1.29, 1.82) is 0 Å². The number of hydrogen-bond acceptors (Lipinski definition) is 17. The minimum Gasteiger partial charge on any atom is -0.508 e. The summed E-state index contributed by atoms with van der Waals surface area (Å²) < 4.78 is 35.3. The summed E-state index contributed by atoms with van der Waals surface area (Å²) in [7, 11) is 0. The van der Waals surface area contributed by atoms with Crippen LogP contribution in [0.1, 0.15) is 68.1 Å². The standard InChI is InChI=1S/C58H82F2N14O16/c1-2-47(76)64-19-20-66-58(88)69-57(61)65-17-9-14-46(55(86)67-33-43-44(59)31-41(75)32-45(43)60)68-56(87)54(39-10-4-3-5-11-39)40-12-8-13-42(30-40)89-29-7-6-16-62-50(79)38-90-70-48(77)15-18-63-49(78)34-71-21-23-72(35-51(80)81)25-27-74(37-53(84)85)28-26-73(24-22-71)36-52(82)83/h3-5,8,10-13,30-32,46,54,75H,2,6-7,9,14-29,33-38H2,1H3,(H,62,79)(H,63,78)(H,64,76)(H,67,86)(H,68,87)(H,70,77)(H,80,81)(H,82,83)(H,84,85)(H4,61,65,66,69,88)/t46?,54-/m1/s1. The Morgan fingerprint density at radius 1 is 0.589 bits per heavy atom. The molecule has 1 aliphatic rings. The van der Waals surface area contributed by atoms with Gasteiger partial charge in [0.15, 0.2) is 12.6 Å². The molecule has 0 bridgehead atoms. The second-order valence-corrected chi connectivity index (χ2v) is 20.7. The van der Waals surface area contributed by atoms with Crippen molar-refractivity contribution in [2.45, 2.75) is 64.0 Å². The molecule has 2 atom stereocenters. The number of nitrogens with zero attached hydrogens (tertiary/aromatic N) is 5. The molecule has 494 valence electrons. The first-order valence-electron chi connectivity index (χ1n) is 29.2. The second kappa shape index (κ2) is 40.4. The molecule has 1 unspecified atom stereocenters. The van der Waals surface area contributed by atoms with E-state index in [1.54, 1.807) is 81.1 Å². The van der Waals surface area contributed by atoms with Crippen LogP contribution in [0.15, 0.2) is 71.7 Å². The van der Waals surface area contributed by atoms with Crippen LogP contribution in [-0.4, -0.2) is 236 Å². The van der Waals surface area contributed by atoms with E-state index in [0.29, 0.717) is 41.9 Å². The number of hydroxylamine groups is 1. The average Bonchev–Trinajstić information content (AvgIpc) is 2.08. The third kappa shape index (κ3) is 29.7. The van der Waals surface area contributed by atoms with Crippen LogP contribution in [0.5, 0.6) is 11.5 Å². The minimum absolute atomic E-state index is 0.0342. The van der Waals surface area contributed by atoms with Gasteiger partial charge in [-0.25, -0.2) is 19.1 Å². The van der Waals surface area contributed by atoms with Gasteiger partial charge in [0.05, 0.1) is 38.7 Å². The summed E-state index contributed by atoms with van der Waals surface area (Å²) in [5, 5.41) is 56.3. The lowest BCUT2D eigenvalue weighted by Crippen LogP contribution is -2.50. The SMILES string of the molecule is CCC(=O)NCCNC(=O)/N=C(/N)NCCCC(NC(=O)[C@H](c1ccccc1)c1cccc(OCCCCNC(=O)CONC(=O)CCNC(=O)CN2CCN(CC(=O)O)CCN(CC(=O)O)CCN(CC(=O)O)CC2)c1)C(=O)NCc1c(F)cc(O)cc1F. The number of nitrogens with one attached hydrogen (secondary N) is 8. The highest BCUT2D eigenvalue weighted by Gasteiger charge is 2.29. The Balaban J connectivity index is 1.24. The number of guanidine groups is 1. The van der Waals surface area contributed by atoms with E-state index < -0.39 is 102 Å². The van der Waals surface area contributed by atoms with Gasteiger partial charge in [0, 0.05) is 122 Å². The monoisotopic (exact) mass is 1270 g/mol. The van der Waals surface area contributed by atoms with E-state index in [0.717, 1.165) is 0 Å². The first-order valence-corrected chi connectivity index (χ1v) is 29.2. The van der Waals surface area contributed by atoms with Crippen molar-refractivity contribution < 1.29 is 86.7 Å². The molecule has 0 saturated carbocycles. The smallest absolute Gasteiger partial charge is 0.344 e. The maximum absolute atomic E-state index is 14.7. The molecule has 14 N–H and O–H groups in total. The van der Waals surface area contributed by atoms with E-state index >= 15 is 0 Å². The maximum atomic E-state index is 14.7. The Morgan fingerprint density at radius 2 is 1.13 bits per heavy atom. The quantitative estimate of drug-likeness (QED) is 0.0143. The highest BCUT2D eigenvalue weighted by Crippen LogP contribution is 2.29. The van der Waals surface area contributed by atoms with E-state index in [2.05, 4.69) is 47.7 Å². The van der Waals surface area contributed by atoms with Gasteiger partial charge in [0.1, 0.15) is 29.2 Å².